The molecular formula is C14H20N2O2. The van der Waals surface area contributed by atoms with Gasteiger partial charge < -0.3 is 15.4 Å². The molecule has 0 radical (unpaired) electrons. The van der Waals surface area contributed by atoms with E-state index in [4.69, 9.17) is 4.74 Å². The topological polar surface area (TPSA) is 50.4 Å². The molecule has 1 saturated heterocycles. The Morgan fingerprint density at radius 3 is 2.50 bits per heavy atom. The van der Waals surface area contributed by atoms with Gasteiger partial charge >= 0.3 is 0 Å². The van der Waals surface area contributed by atoms with Crippen LogP contribution in [0, 0.1) is 5.41 Å². The predicted molar refractivity (Wildman–Crippen MR) is 71.4 cm³/mol. The third-order valence-electron chi connectivity index (χ3n) is 3.06. The highest BCUT2D eigenvalue weighted by atomic mass is 16.5. The Balaban J connectivity index is 1.77. The van der Waals surface area contributed by atoms with Crippen molar-refractivity contribution in [1.29, 1.82) is 0 Å². The van der Waals surface area contributed by atoms with Gasteiger partial charge in [0.1, 0.15) is 0 Å². The van der Waals surface area contributed by atoms with Crippen molar-refractivity contribution in [1.82, 2.24) is 5.32 Å². The largest absolute Gasteiger partial charge is 0.380 e. The summed E-state index contributed by atoms with van der Waals surface area (Å²) >= 11 is 0. The van der Waals surface area contributed by atoms with Crippen molar-refractivity contribution >= 4 is 11.6 Å². The average Bonchev–Trinajstić information content (AvgIpc) is 2.28. The van der Waals surface area contributed by atoms with Crippen LogP contribution in [0.25, 0.3) is 0 Å². The third-order valence-corrected chi connectivity index (χ3v) is 3.06. The van der Waals surface area contributed by atoms with E-state index >= 15 is 0 Å². The van der Waals surface area contributed by atoms with E-state index in [2.05, 4.69) is 17.6 Å². The summed E-state index contributed by atoms with van der Waals surface area (Å²) in [6, 6.07) is 7.90. The maximum absolute atomic E-state index is 10.9. The van der Waals surface area contributed by atoms with Gasteiger partial charge in [0.2, 0.25) is 5.91 Å². The molecule has 1 aliphatic rings. The summed E-state index contributed by atoms with van der Waals surface area (Å²) in [4.78, 5) is 10.9. The van der Waals surface area contributed by atoms with E-state index in [9.17, 15) is 4.79 Å². The molecule has 0 unspecified atom stereocenters. The first kappa shape index (κ1) is 13.1. The van der Waals surface area contributed by atoms with Gasteiger partial charge in [0.25, 0.3) is 0 Å². The van der Waals surface area contributed by atoms with Crippen LogP contribution in [0.3, 0.4) is 0 Å². The summed E-state index contributed by atoms with van der Waals surface area (Å²) in [6.45, 7) is 7.25. The highest BCUT2D eigenvalue weighted by Crippen LogP contribution is 2.25. The van der Waals surface area contributed by atoms with Gasteiger partial charge in [-0.2, -0.15) is 0 Å². The standard InChI is InChI=1S/C14H20N2O2/c1-11(17)16-13-5-3-12(4-6-13)7-15-8-14(2)9-18-10-14/h3-6,15H,7-10H2,1-2H3,(H,16,17). The van der Waals surface area contributed by atoms with Crippen LogP contribution in [0.1, 0.15) is 19.4 Å². The maximum Gasteiger partial charge on any atom is 0.221 e. The maximum atomic E-state index is 10.9. The highest BCUT2D eigenvalue weighted by Gasteiger charge is 2.32. The van der Waals surface area contributed by atoms with Crippen molar-refractivity contribution in [2.45, 2.75) is 20.4 Å². The number of hydrogen-bond acceptors (Lipinski definition) is 3. The number of nitrogens with one attached hydrogen (secondary N) is 2. The first-order chi connectivity index (χ1) is 8.57. The van der Waals surface area contributed by atoms with E-state index in [1.807, 2.05) is 24.3 Å². The lowest BCUT2D eigenvalue weighted by Crippen LogP contribution is -2.47. The molecule has 98 valence electrons. The summed E-state index contributed by atoms with van der Waals surface area (Å²) < 4.78 is 5.21. The smallest absolute Gasteiger partial charge is 0.221 e. The van der Waals surface area contributed by atoms with E-state index in [-0.39, 0.29) is 5.91 Å². The Kier molecular flexibility index (Phi) is 3.99. The van der Waals surface area contributed by atoms with Gasteiger partial charge in [-0.15, -0.1) is 0 Å². The Morgan fingerprint density at radius 2 is 2.00 bits per heavy atom. The van der Waals surface area contributed by atoms with Crippen molar-refractivity contribution in [3.63, 3.8) is 0 Å². The van der Waals surface area contributed by atoms with E-state index in [0.717, 1.165) is 32.0 Å². The Labute approximate surface area is 108 Å². The van der Waals surface area contributed by atoms with Gasteiger partial charge in [-0.05, 0) is 17.7 Å². The van der Waals surface area contributed by atoms with Crippen molar-refractivity contribution in [3.05, 3.63) is 29.8 Å². The highest BCUT2D eigenvalue weighted by molar-refractivity contribution is 5.88. The zero-order valence-electron chi connectivity index (χ0n) is 11.0. The number of benzene rings is 1. The summed E-state index contributed by atoms with van der Waals surface area (Å²) in [5.41, 5.74) is 2.36. The van der Waals surface area contributed by atoms with E-state index in [1.54, 1.807) is 0 Å². The lowest BCUT2D eigenvalue weighted by Gasteiger charge is -2.38. The van der Waals surface area contributed by atoms with Crippen molar-refractivity contribution in [2.24, 2.45) is 5.41 Å². The summed E-state index contributed by atoms with van der Waals surface area (Å²) in [6.07, 6.45) is 0. The van der Waals surface area contributed by atoms with E-state index in [0.29, 0.717) is 5.41 Å². The monoisotopic (exact) mass is 248 g/mol. The van der Waals surface area contributed by atoms with Crippen LogP contribution in [-0.2, 0) is 16.1 Å². The van der Waals surface area contributed by atoms with Crippen LogP contribution in [0.2, 0.25) is 0 Å². The van der Waals surface area contributed by atoms with E-state index < -0.39 is 0 Å². The first-order valence-corrected chi connectivity index (χ1v) is 6.22. The zero-order chi connectivity index (χ0) is 13.0. The molecule has 0 bridgehead atoms. The second kappa shape index (κ2) is 5.50. The lowest BCUT2D eigenvalue weighted by atomic mass is 9.89. The molecule has 0 saturated carbocycles. The zero-order valence-corrected chi connectivity index (χ0v) is 11.0. The van der Waals surface area contributed by atoms with Crippen LogP contribution in [0.15, 0.2) is 24.3 Å². The fraction of sp³-hybridized carbons (Fsp3) is 0.500. The normalized spacial score (nSPS) is 17.0. The second-order valence-corrected chi connectivity index (χ2v) is 5.29. The minimum absolute atomic E-state index is 0.0428. The molecule has 0 aliphatic carbocycles. The van der Waals surface area contributed by atoms with Crippen molar-refractivity contribution < 1.29 is 9.53 Å². The molecule has 4 heteroatoms. The molecule has 18 heavy (non-hydrogen) atoms. The number of hydrogen-bond donors (Lipinski definition) is 2. The molecule has 0 spiro atoms. The van der Waals surface area contributed by atoms with Crippen LogP contribution in [-0.4, -0.2) is 25.7 Å². The summed E-state index contributed by atoms with van der Waals surface area (Å²) in [7, 11) is 0. The molecule has 4 nitrogen and oxygen atoms in total. The molecular weight excluding hydrogens is 228 g/mol. The lowest BCUT2D eigenvalue weighted by molar-refractivity contribution is -0.114. The van der Waals surface area contributed by atoms with Gasteiger partial charge in [0, 0.05) is 31.1 Å². The van der Waals surface area contributed by atoms with Crippen LogP contribution in [0.5, 0.6) is 0 Å². The summed E-state index contributed by atoms with van der Waals surface area (Å²) in [5.74, 6) is -0.0428. The molecule has 2 N–H and O–H groups in total. The van der Waals surface area contributed by atoms with Crippen LogP contribution < -0.4 is 10.6 Å². The number of amides is 1. The molecule has 0 atom stereocenters. The molecule has 1 fully saturated rings. The molecule has 1 heterocycles. The fourth-order valence-electron chi connectivity index (χ4n) is 1.97. The van der Waals surface area contributed by atoms with Crippen molar-refractivity contribution in [2.75, 3.05) is 25.1 Å². The van der Waals surface area contributed by atoms with Gasteiger partial charge in [-0.25, -0.2) is 0 Å². The number of carbonyl (C=O) groups is 1. The number of rotatable bonds is 5. The van der Waals surface area contributed by atoms with E-state index in [1.165, 1.54) is 12.5 Å². The van der Waals surface area contributed by atoms with Crippen molar-refractivity contribution in [3.8, 4) is 0 Å². The Morgan fingerprint density at radius 1 is 1.33 bits per heavy atom. The van der Waals surface area contributed by atoms with Gasteiger partial charge in [0.15, 0.2) is 0 Å². The Bertz CT molecular complexity index is 410. The molecule has 1 aromatic rings. The fourth-order valence-corrected chi connectivity index (χ4v) is 1.97. The Hall–Kier alpha value is -1.39. The van der Waals surface area contributed by atoms with Gasteiger partial charge in [-0.1, -0.05) is 19.1 Å². The third kappa shape index (κ3) is 3.55. The first-order valence-electron chi connectivity index (χ1n) is 6.22. The minimum atomic E-state index is -0.0428. The number of ether oxygens (including phenoxy) is 1. The quantitative estimate of drug-likeness (QED) is 0.835. The molecule has 1 aromatic carbocycles. The molecule has 0 aromatic heterocycles. The van der Waals surface area contributed by atoms with Crippen LogP contribution in [0.4, 0.5) is 5.69 Å². The number of carbonyl (C=O) groups excluding carboxylic acids is 1. The second-order valence-electron chi connectivity index (χ2n) is 5.29. The summed E-state index contributed by atoms with van der Waals surface area (Å²) in [5, 5.41) is 6.19. The number of anilines is 1. The SMILES string of the molecule is CC(=O)Nc1ccc(CNCC2(C)COC2)cc1. The van der Waals surface area contributed by atoms with Gasteiger partial charge in [-0.3, -0.25) is 4.79 Å². The minimum Gasteiger partial charge on any atom is -0.380 e. The predicted octanol–water partition coefficient (Wildman–Crippen LogP) is 1.77. The van der Waals surface area contributed by atoms with Gasteiger partial charge in [0.05, 0.1) is 13.2 Å². The molecule has 2 rings (SSSR count). The molecule has 1 amide bonds. The van der Waals surface area contributed by atoms with Crippen LogP contribution >= 0.6 is 0 Å². The average molecular weight is 248 g/mol. The molecule has 1 aliphatic heterocycles.